The van der Waals surface area contributed by atoms with Gasteiger partial charge in [0.2, 0.25) is 0 Å². The highest BCUT2D eigenvalue weighted by Crippen LogP contribution is 2.46. The maximum absolute atomic E-state index is 12.3. The summed E-state index contributed by atoms with van der Waals surface area (Å²) in [7, 11) is -2.30. The molecule has 0 spiro atoms. The van der Waals surface area contributed by atoms with Crippen molar-refractivity contribution in [1.29, 1.82) is 0 Å². The minimum absolute atomic E-state index is 0.142. The topological polar surface area (TPSA) is 58.5 Å². The molecule has 2 fully saturated rings. The van der Waals surface area contributed by atoms with E-state index in [4.69, 9.17) is 0 Å². The molecule has 15 heavy (non-hydrogen) atoms. The van der Waals surface area contributed by atoms with E-state index in [0.29, 0.717) is 11.6 Å². The van der Waals surface area contributed by atoms with Gasteiger partial charge in [-0.3, -0.25) is 4.79 Å². The van der Waals surface area contributed by atoms with Gasteiger partial charge in [0.15, 0.2) is 0 Å². The van der Waals surface area contributed by atoms with Crippen LogP contribution in [0.5, 0.6) is 0 Å². The average molecular weight is 230 g/mol. The van der Waals surface area contributed by atoms with E-state index in [1.54, 1.807) is 0 Å². The van der Waals surface area contributed by atoms with E-state index in [2.05, 4.69) is 9.68 Å². The minimum atomic E-state index is -2.30. The van der Waals surface area contributed by atoms with Crippen LogP contribution in [0.25, 0.3) is 0 Å². The molecule has 0 aromatic rings. The van der Waals surface area contributed by atoms with E-state index in [-0.39, 0.29) is 11.3 Å². The van der Waals surface area contributed by atoms with Crippen LogP contribution in [0.4, 0.5) is 0 Å². The molecule has 0 radical (unpaired) electrons. The Morgan fingerprint density at radius 2 is 2.13 bits per heavy atom. The smallest absolute Gasteiger partial charge is 0.259 e. The Balaban J connectivity index is 2.15. The van der Waals surface area contributed by atoms with Crippen LogP contribution >= 0.6 is 0 Å². The summed E-state index contributed by atoms with van der Waals surface area (Å²) in [4.78, 5) is 11.7. The first kappa shape index (κ1) is 11.1. The van der Waals surface area contributed by atoms with Crippen molar-refractivity contribution in [2.75, 3.05) is 18.2 Å². The normalized spacial score (nSPS) is 34.2. The second kappa shape index (κ2) is 3.87. The maximum atomic E-state index is 12.3. The Morgan fingerprint density at radius 1 is 1.40 bits per heavy atom. The molecule has 1 N–H and O–H groups in total. The Kier molecular flexibility index (Phi) is 2.85. The average Bonchev–Trinajstić information content (AvgIpc) is 2.93. The first-order valence-corrected chi connectivity index (χ1v) is 7.37. The zero-order valence-electron chi connectivity index (χ0n) is 9.12. The first-order chi connectivity index (χ1) is 7.04. The number of nitrogens with one attached hydrogen (secondary N) is 1. The van der Waals surface area contributed by atoms with Crippen molar-refractivity contribution in [3.05, 3.63) is 0 Å². The fourth-order valence-electron chi connectivity index (χ4n) is 1.62. The maximum Gasteiger partial charge on any atom is 0.259 e. The fraction of sp³-hybridized carbons (Fsp3) is 0.900. The summed E-state index contributed by atoms with van der Waals surface area (Å²) in [6.07, 6.45) is 3.73. The van der Waals surface area contributed by atoms with E-state index in [1.165, 1.54) is 0 Å². The van der Waals surface area contributed by atoms with Crippen molar-refractivity contribution in [3.63, 3.8) is 0 Å². The third-order valence-corrected chi connectivity index (χ3v) is 5.24. The summed E-state index contributed by atoms with van der Waals surface area (Å²) < 4.78 is 16.2. The molecule has 1 saturated carbocycles. The van der Waals surface area contributed by atoms with Gasteiger partial charge in [0, 0.05) is 11.2 Å². The highest BCUT2D eigenvalue weighted by atomic mass is 32.2. The van der Waals surface area contributed by atoms with E-state index in [9.17, 15) is 9.00 Å². The Labute approximate surface area is 91.0 Å². The Bertz CT molecular complexity index is 365. The lowest BCUT2D eigenvalue weighted by Gasteiger charge is -2.08. The number of carbonyl (C=O) groups excluding carboxylic acids is 1. The predicted molar refractivity (Wildman–Crippen MR) is 59.9 cm³/mol. The fourth-order valence-corrected chi connectivity index (χ4v) is 3.56. The number of hydrogen-bond acceptors (Lipinski definition) is 3. The molecular weight excluding hydrogens is 212 g/mol. The van der Waals surface area contributed by atoms with Gasteiger partial charge in [0.1, 0.15) is 0 Å². The van der Waals surface area contributed by atoms with Crippen LogP contribution in [0, 0.1) is 5.41 Å². The van der Waals surface area contributed by atoms with E-state index >= 15 is 0 Å². The van der Waals surface area contributed by atoms with Crippen LogP contribution in [0.15, 0.2) is 4.36 Å². The highest BCUT2D eigenvalue weighted by molar-refractivity contribution is 7.93. The molecule has 2 rings (SSSR count). The van der Waals surface area contributed by atoms with Crippen molar-refractivity contribution in [3.8, 4) is 0 Å². The number of rotatable bonds is 1. The lowest BCUT2D eigenvalue weighted by molar-refractivity contribution is -0.122. The highest BCUT2D eigenvalue weighted by Gasteiger charge is 2.45. The molecule has 1 aliphatic carbocycles. The van der Waals surface area contributed by atoms with E-state index < -0.39 is 9.73 Å². The van der Waals surface area contributed by atoms with Crippen LogP contribution < -0.4 is 5.32 Å². The van der Waals surface area contributed by atoms with Gasteiger partial charge in [-0.2, -0.15) is 4.36 Å². The van der Waals surface area contributed by atoms with Gasteiger partial charge in [-0.15, -0.1) is 0 Å². The zero-order valence-corrected chi connectivity index (χ0v) is 9.94. The summed E-state index contributed by atoms with van der Waals surface area (Å²) in [5, 5.41) is 3.09. The van der Waals surface area contributed by atoms with Crippen molar-refractivity contribution >= 4 is 15.6 Å². The van der Waals surface area contributed by atoms with Crippen LogP contribution in [0.3, 0.4) is 0 Å². The number of nitrogens with zero attached hydrogens (tertiary/aromatic N) is 1. The molecule has 2 aliphatic rings. The van der Waals surface area contributed by atoms with Gasteiger partial charge >= 0.3 is 0 Å². The quantitative estimate of drug-likeness (QED) is 0.734. The molecule has 0 bridgehead atoms. The van der Waals surface area contributed by atoms with Gasteiger partial charge in [-0.25, -0.2) is 4.21 Å². The van der Waals surface area contributed by atoms with Gasteiger partial charge in [0.05, 0.1) is 15.6 Å². The molecule has 1 unspecified atom stereocenters. The van der Waals surface area contributed by atoms with Crippen molar-refractivity contribution in [2.45, 2.75) is 32.6 Å². The van der Waals surface area contributed by atoms with Crippen LogP contribution in [0.2, 0.25) is 0 Å². The Morgan fingerprint density at radius 3 is 2.80 bits per heavy atom. The monoisotopic (exact) mass is 230 g/mol. The number of amides is 1. The van der Waals surface area contributed by atoms with Crippen molar-refractivity contribution < 1.29 is 9.00 Å². The second-order valence-electron chi connectivity index (χ2n) is 4.79. The van der Waals surface area contributed by atoms with Gasteiger partial charge in [-0.05, 0) is 32.2 Å². The van der Waals surface area contributed by atoms with E-state index in [1.807, 2.05) is 6.92 Å². The first-order valence-electron chi connectivity index (χ1n) is 5.52. The van der Waals surface area contributed by atoms with Crippen LogP contribution in [-0.2, 0) is 14.5 Å². The summed E-state index contributed by atoms with van der Waals surface area (Å²) in [6.45, 7) is 2.80. The number of hydrogen-bond donors (Lipinski definition) is 1. The summed E-state index contributed by atoms with van der Waals surface area (Å²) in [6, 6.07) is 0. The Hall–Kier alpha value is -0.420. The third kappa shape index (κ3) is 2.58. The molecule has 5 heteroatoms. The molecule has 1 heterocycles. The van der Waals surface area contributed by atoms with E-state index in [0.717, 1.165) is 32.2 Å². The predicted octanol–water partition coefficient (Wildman–Crippen LogP) is 1.12. The summed E-state index contributed by atoms with van der Waals surface area (Å²) in [5.41, 5.74) is -0.281. The summed E-state index contributed by atoms with van der Waals surface area (Å²) >= 11 is 0. The molecule has 0 aromatic heterocycles. The molecule has 0 aromatic carbocycles. The lowest BCUT2D eigenvalue weighted by atomic mass is 10.1. The van der Waals surface area contributed by atoms with Crippen molar-refractivity contribution in [1.82, 2.24) is 5.32 Å². The molecule has 1 aliphatic heterocycles. The molecule has 86 valence electrons. The second-order valence-corrected chi connectivity index (χ2v) is 7.21. The standard InChI is InChI=1S/C10H18N2O2S/c1-10(4-5-10)9(13)12-15(14)7-3-2-6-11-8-15/h11H,2-8H2,1H3. The number of carbonyl (C=O) groups is 1. The van der Waals surface area contributed by atoms with Gasteiger partial charge in [0.25, 0.3) is 5.91 Å². The molecule has 1 atom stereocenters. The molecule has 4 nitrogen and oxygen atoms in total. The summed E-state index contributed by atoms with van der Waals surface area (Å²) in [5.74, 6) is 0.813. The SMILES string of the molecule is CC1(C(=O)N=S2(=O)CCCCNC2)CC1. The molecule has 1 saturated heterocycles. The lowest BCUT2D eigenvalue weighted by Crippen LogP contribution is -2.24. The van der Waals surface area contributed by atoms with Gasteiger partial charge < -0.3 is 5.32 Å². The van der Waals surface area contributed by atoms with Crippen molar-refractivity contribution in [2.24, 2.45) is 9.78 Å². The molecular formula is C10H18N2O2S. The zero-order chi connectivity index (χ0) is 10.9. The largest absolute Gasteiger partial charge is 0.305 e. The molecule has 1 amide bonds. The van der Waals surface area contributed by atoms with Crippen LogP contribution in [-0.4, -0.2) is 28.3 Å². The third-order valence-electron chi connectivity index (χ3n) is 3.16. The minimum Gasteiger partial charge on any atom is -0.305 e. The van der Waals surface area contributed by atoms with Gasteiger partial charge in [-0.1, -0.05) is 6.92 Å². The van der Waals surface area contributed by atoms with Crippen LogP contribution in [0.1, 0.15) is 32.6 Å².